The van der Waals surface area contributed by atoms with E-state index in [0.717, 1.165) is 5.39 Å². The Morgan fingerprint density at radius 2 is 2.05 bits per heavy atom. The maximum Gasteiger partial charge on any atom is 0.174 e. The summed E-state index contributed by atoms with van der Waals surface area (Å²) in [5.74, 6) is 0.675. The van der Waals surface area contributed by atoms with Gasteiger partial charge in [-0.15, -0.1) is 0 Å². The summed E-state index contributed by atoms with van der Waals surface area (Å²) >= 11 is 0. The van der Waals surface area contributed by atoms with Crippen LogP contribution in [-0.4, -0.2) is 57.5 Å². The summed E-state index contributed by atoms with van der Waals surface area (Å²) < 4.78 is 12.6. The molecule has 2 heterocycles. The van der Waals surface area contributed by atoms with Gasteiger partial charge in [0.25, 0.3) is 0 Å². The van der Waals surface area contributed by atoms with Crippen LogP contribution in [0.1, 0.15) is 13.8 Å². The Kier molecular flexibility index (Phi) is 5.85. The largest absolute Gasteiger partial charge is 0.394 e. The maximum atomic E-state index is 9.01. The molecule has 2 aromatic heterocycles. The van der Waals surface area contributed by atoms with E-state index in [2.05, 4.69) is 20.4 Å². The Morgan fingerprint density at radius 3 is 2.71 bits per heavy atom. The third kappa shape index (κ3) is 3.87. The molecule has 0 saturated heterocycles. The summed E-state index contributed by atoms with van der Waals surface area (Å²) in [5, 5.41) is 17.2. The van der Waals surface area contributed by atoms with Gasteiger partial charge in [-0.05, 0) is 13.8 Å². The van der Waals surface area contributed by atoms with Crippen LogP contribution in [0.2, 0.25) is 0 Å². The molecule has 21 heavy (non-hydrogen) atoms. The van der Waals surface area contributed by atoms with E-state index in [9.17, 15) is 0 Å². The summed E-state index contributed by atoms with van der Waals surface area (Å²) in [4.78, 5) is 8.42. The van der Waals surface area contributed by atoms with Gasteiger partial charge in [-0.25, -0.2) is 14.6 Å². The smallest absolute Gasteiger partial charge is 0.174 e. The Morgan fingerprint density at radius 1 is 1.29 bits per heavy atom. The van der Waals surface area contributed by atoms with Crippen molar-refractivity contribution < 1.29 is 14.6 Å². The summed E-state index contributed by atoms with van der Waals surface area (Å²) in [7, 11) is 0. The topological polar surface area (TPSA) is 94.3 Å². The van der Waals surface area contributed by atoms with Crippen LogP contribution in [0.25, 0.3) is 11.0 Å². The van der Waals surface area contributed by atoms with Crippen LogP contribution in [0.5, 0.6) is 0 Å². The Hall–Kier alpha value is -1.77. The average molecular weight is 295 g/mol. The molecule has 8 nitrogen and oxygen atoms in total. The molecule has 0 radical (unpaired) electrons. The van der Waals surface area contributed by atoms with Crippen molar-refractivity contribution in [2.24, 2.45) is 0 Å². The molecule has 0 bridgehead atoms. The first-order valence-corrected chi connectivity index (χ1v) is 7.04. The standard InChI is InChI=1S/C13H21N5O3/c1-3-20-11(21-4-2)8-14-12-10-7-17-18(5-6-19)13(10)16-9-15-12/h7,9,11,19H,3-6,8H2,1-2H3,(H,14,15,16). The van der Waals surface area contributed by atoms with Crippen molar-refractivity contribution in [3.8, 4) is 0 Å². The highest BCUT2D eigenvalue weighted by Gasteiger charge is 2.12. The molecular weight excluding hydrogens is 274 g/mol. The number of nitrogens with zero attached hydrogens (tertiary/aromatic N) is 4. The lowest BCUT2D eigenvalue weighted by molar-refractivity contribution is -0.126. The van der Waals surface area contributed by atoms with Crippen molar-refractivity contribution in [3.05, 3.63) is 12.5 Å². The van der Waals surface area contributed by atoms with Crippen LogP contribution in [0.15, 0.2) is 12.5 Å². The van der Waals surface area contributed by atoms with Gasteiger partial charge in [-0.1, -0.05) is 0 Å². The number of ether oxygens (including phenoxy) is 2. The van der Waals surface area contributed by atoms with Crippen molar-refractivity contribution >= 4 is 16.9 Å². The predicted octanol–water partition coefficient (Wildman–Crippen LogP) is 0.630. The van der Waals surface area contributed by atoms with Crippen LogP contribution in [0, 0.1) is 0 Å². The van der Waals surface area contributed by atoms with Gasteiger partial charge in [0.05, 0.1) is 31.3 Å². The highest BCUT2D eigenvalue weighted by molar-refractivity contribution is 5.85. The second kappa shape index (κ2) is 7.87. The van der Waals surface area contributed by atoms with E-state index in [1.165, 1.54) is 6.33 Å². The molecule has 0 unspecified atom stereocenters. The second-order valence-electron chi connectivity index (χ2n) is 4.27. The maximum absolute atomic E-state index is 9.01. The highest BCUT2D eigenvalue weighted by atomic mass is 16.7. The molecule has 0 aromatic carbocycles. The molecule has 0 saturated carbocycles. The molecule has 0 aliphatic heterocycles. The van der Waals surface area contributed by atoms with Crippen molar-refractivity contribution in [1.82, 2.24) is 19.7 Å². The molecule has 0 amide bonds. The minimum Gasteiger partial charge on any atom is -0.394 e. The molecule has 2 aromatic rings. The van der Waals surface area contributed by atoms with E-state index in [1.54, 1.807) is 10.9 Å². The number of aliphatic hydroxyl groups excluding tert-OH is 1. The summed E-state index contributed by atoms with van der Waals surface area (Å²) in [6.45, 7) is 5.92. The lowest BCUT2D eigenvalue weighted by atomic mass is 10.4. The van der Waals surface area contributed by atoms with Crippen molar-refractivity contribution in [2.75, 3.05) is 31.7 Å². The molecule has 2 rings (SSSR count). The fourth-order valence-electron chi connectivity index (χ4n) is 2.01. The normalized spacial score (nSPS) is 11.4. The van der Waals surface area contributed by atoms with Gasteiger partial charge in [0, 0.05) is 13.2 Å². The molecule has 0 aliphatic carbocycles. The first-order valence-electron chi connectivity index (χ1n) is 7.04. The zero-order valence-electron chi connectivity index (χ0n) is 12.3. The predicted molar refractivity (Wildman–Crippen MR) is 77.9 cm³/mol. The van der Waals surface area contributed by atoms with Crippen molar-refractivity contribution in [3.63, 3.8) is 0 Å². The summed E-state index contributed by atoms with van der Waals surface area (Å²) in [5.41, 5.74) is 0.686. The van der Waals surface area contributed by atoms with Crippen molar-refractivity contribution in [1.29, 1.82) is 0 Å². The number of aromatic nitrogens is 4. The lowest BCUT2D eigenvalue weighted by Gasteiger charge is -2.17. The Bertz CT molecular complexity index is 554. The monoisotopic (exact) mass is 295 g/mol. The lowest BCUT2D eigenvalue weighted by Crippen LogP contribution is -2.26. The number of hydrogen-bond donors (Lipinski definition) is 2. The van der Waals surface area contributed by atoms with E-state index in [-0.39, 0.29) is 12.9 Å². The fourth-order valence-corrected chi connectivity index (χ4v) is 2.01. The summed E-state index contributed by atoms with van der Waals surface area (Å²) in [6.07, 6.45) is 2.83. The van der Waals surface area contributed by atoms with Gasteiger partial charge in [-0.3, -0.25) is 0 Å². The zero-order valence-corrected chi connectivity index (χ0v) is 12.3. The number of nitrogens with one attached hydrogen (secondary N) is 1. The van der Waals surface area contributed by atoms with E-state index in [4.69, 9.17) is 14.6 Å². The van der Waals surface area contributed by atoms with Crippen LogP contribution in [0.4, 0.5) is 5.82 Å². The molecule has 2 N–H and O–H groups in total. The third-order valence-electron chi connectivity index (χ3n) is 2.89. The average Bonchev–Trinajstić information content (AvgIpc) is 2.90. The number of aliphatic hydroxyl groups is 1. The van der Waals surface area contributed by atoms with Crippen molar-refractivity contribution in [2.45, 2.75) is 26.7 Å². The number of hydrogen-bond acceptors (Lipinski definition) is 7. The third-order valence-corrected chi connectivity index (χ3v) is 2.89. The van der Waals surface area contributed by atoms with E-state index in [0.29, 0.717) is 37.8 Å². The first-order chi connectivity index (χ1) is 10.3. The van der Waals surface area contributed by atoms with Gasteiger partial charge in [0.1, 0.15) is 12.1 Å². The van der Waals surface area contributed by atoms with Gasteiger partial charge in [0.2, 0.25) is 0 Å². The Labute approximate surface area is 123 Å². The number of fused-ring (bicyclic) bond motifs is 1. The summed E-state index contributed by atoms with van der Waals surface area (Å²) in [6, 6.07) is 0. The van der Waals surface area contributed by atoms with E-state index in [1.807, 2.05) is 13.8 Å². The molecular formula is C13H21N5O3. The Balaban J connectivity index is 2.11. The van der Waals surface area contributed by atoms with E-state index >= 15 is 0 Å². The van der Waals surface area contributed by atoms with Crippen LogP contribution < -0.4 is 5.32 Å². The second-order valence-corrected chi connectivity index (χ2v) is 4.27. The van der Waals surface area contributed by atoms with Gasteiger partial charge >= 0.3 is 0 Å². The van der Waals surface area contributed by atoms with Gasteiger partial charge < -0.3 is 19.9 Å². The SMILES string of the molecule is CCOC(CNc1ncnc2c1cnn2CCO)OCC. The highest BCUT2D eigenvalue weighted by Crippen LogP contribution is 2.18. The molecule has 0 aliphatic rings. The zero-order chi connectivity index (χ0) is 15.1. The fraction of sp³-hybridized carbons (Fsp3) is 0.615. The molecule has 0 atom stereocenters. The van der Waals surface area contributed by atoms with E-state index < -0.39 is 0 Å². The molecule has 0 spiro atoms. The molecule has 0 fully saturated rings. The number of rotatable bonds is 9. The minimum absolute atomic E-state index is 0.0142. The minimum atomic E-state index is -0.322. The molecule has 116 valence electrons. The van der Waals surface area contributed by atoms with Crippen LogP contribution >= 0.6 is 0 Å². The van der Waals surface area contributed by atoms with Gasteiger partial charge in [0.15, 0.2) is 11.9 Å². The molecule has 8 heteroatoms. The first kappa shape index (κ1) is 15.6. The number of anilines is 1. The van der Waals surface area contributed by atoms with Crippen LogP contribution in [0.3, 0.4) is 0 Å². The van der Waals surface area contributed by atoms with Crippen LogP contribution in [-0.2, 0) is 16.0 Å². The van der Waals surface area contributed by atoms with Gasteiger partial charge in [-0.2, -0.15) is 5.10 Å². The quantitative estimate of drug-likeness (QED) is 0.655.